The van der Waals surface area contributed by atoms with E-state index in [2.05, 4.69) is 16.0 Å². The number of carbonyl (C=O) groups is 2. The lowest BCUT2D eigenvalue weighted by atomic mass is 10.2. The van der Waals surface area contributed by atoms with E-state index in [9.17, 15) is 9.59 Å². The molecule has 19 heavy (non-hydrogen) atoms. The van der Waals surface area contributed by atoms with Gasteiger partial charge in [0.2, 0.25) is 0 Å². The van der Waals surface area contributed by atoms with Crippen LogP contribution in [-0.2, 0) is 9.53 Å². The first-order chi connectivity index (χ1) is 9.10. The van der Waals surface area contributed by atoms with Gasteiger partial charge in [-0.25, -0.2) is 9.59 Å². The third-order valence-corrected chi connectivity index (χ3v) is 2.60. The molecule has 0 fully saturated rings. The number of ether oxygens (including phenoxy) is 1. The SMILES string of the molecule is CCC(Nc1ccc(NC(=O)NC)cc1)C(=O)OC. The highest BCUT2D eigenvalue weighted by Crippen LogP contribution is 2.15. The van der Waals surface area contributed by atoms with Crippen molar-refractivity contribution in [3.63, 3.8) is 0 Å². The Bertz CT molecular complexity index is 431. The van der Waals surface area contributed by atoms with Gasteiger partial charge in [-0.3, -0.25) is 0 Å². The van der Waals surface area contributed by atoms with Crippen LogP contribution in [0.15, 0.2) is 24.3 Å². The zero-order valence-corrected chi connectivity index (χ0v) is 11.3. The van der Waals surface area contributed by atoms with Crippen LogP contribution in [0.4, 0.5) is 16.2 Å². The van der Waals surface area contributed by atoms with Crippen LogP contribution in [0.2, 0.25) is 0 Å². The number of hydrogen-bond acceptors (Lipinski definition) is 4. The van der Waals surface area contributed by atoms with Gasteiger partial charge in [0.15, 0.2) is 0 Å². The molecular weight excluding hydrogens is 246 g/mol. The molecule has 0 aliphatic rings. The molecule has 1 aromatic carbocycles. The molecule has 0 radical (unpaired) electrons. The minimum Gasteiger partial charge on any atom is -0.467 e. The highest BCUT2D eigenvalue weighted by atomic mass is 16.5. The predicted molar refractivity (Wildman–Crippen MR) is 74.2 cm³/mol. The fraction of sp³-hybridized carbons (Fsp3) is 0.385. The maximum atomic E-state index is 11.4. The van der Waals surface area contributed by atoms with Crippen molar-refractivity contribution in [2.75, 3.05) is 24.8 Å². The smallest absolute Gasteiger partial charge is 0.328 e. The Morgan fingerprint density at radius 1 is 1.21 bits per heavy atom. The second kappa shape index (κ2) is 7.25. The number of esters is 1. The largest absolute Gasteiger partial charge is 0.467 e. The highest BCUT2D eigenvalue weighted by molar-refractivity contribution is 5.89. The maximum Gasteiger partial charge on any atom is 0.328 e. The van der Waals surface area contributed by atoms with Crippen molar-refractivity contribution in [2.24, 2.45) is 0 Å². The summed E-state index contributed by atoms with van der Waals surface area (Å²) >= 11 is 0. The van der Waals surface area contributed by atoms with E-state index in [1.165, 1.54) is 7.11 Å². The number of amides is 2. The van der Waals surface area contributed by atoms with Gasteiger partial charge in [-0.2, -0.15) is 0 Å². The van der Waals surface area contributed by atoms with Gasteiger partial charge in [0.25, 0.3) is 0 Å². The summed E-state index contributed by atoms with van der Waals surface area (Å²) < 4.78 is 4.70. The van der Waals surface area contributed by atoms with Gasteiger partial charge in [-0.05, 0) is 30.7 Å². The minimum absolute atomic E-state index is 0.276. The summed E-state index contributed by atoms with van der Waals surface area (Å²) in [6.45, 7) is 1.90. The molecule has 0 aliphatic heterocycles. The van der Waals surface area contributed by atoms with Crippen LogP contribution in [-0.4, -0.2) is 32.2 Å². The van der Waals surface area contributed by atoms with Crippen LogP contribution in [0.3, 0.4) is 0 Å². The number of methoxy groups -OCH3 is 1. The molecule has 1 atom stereocenters. The summed E-state index contributed by atoms with van der Waals surface area (Å²) in [6, 6.07) is 6.43. The van der Waals surface area contributed by atoms with Crippen LogP contribution in [0.5, 0.6) is 0 Å². The summed E-state index contributed by atoms with van der Waals surface area (Å²) in [5.41, 5.74) is 1.47. The Kier molecular flexibility index (Phi) is 5.66. The van der Waals surface area contributed by atoms with Crippen molar-refractivity contribution in [3.05, 3.63) is 24.3 Å². The van der Waals surface area contributed by atoms with Gasteiger partial charge in [0.05, 0.1) is 7.11 Å². The first kappa shape index (κ1) is 14.8. The lowest BCUT2D eigenvalue weighted by Crippen LogP contribution is -2.29. The van der Waals surface area contributed by atoms with Crippen molar-refractivity contribution < 1.29 is 14.3 Å². The Balaban J connectivity index is 2.65. The summed E-state index contributed by atoms with van der Waals surface area (Å²) in [5.74, 6) is -0.296. The molecule has 0 saturated carbocycles. The van der Waals surface area contributed by atoms with Crippen molar-refractivity contribution in [3.8, 4) is 0 Å². The molecule has 2 amide bonds. The molecule has 0 saturated heterocycles. The predicted octanol–water partition coefficient (Wildman–Crippen LogP) is 1.80. The van der Waals surface area contributed by atoms with Gasteiger partial charge in [0, 0.05) is 18.4 Å². The first-order valence-electron chi connectivity index (χ1n) is 6.03. The van der Waals surface area contributed by atoms with Crippen molar-refractivity contribution in [2.45, 2.75) is 19.4 Å². The monoisotopic (exact) mass is 265 g/mol. The standard InChI is InChI=1S/C13H19N3O3/c1-4-11(12(17)19-3)15-9-5-7-10(8-6-9)16-13(18)14-2/h5-8,11,15H,4H2,1-3H3,(H2,14,16,18). The Morgan fingerprint density at radius 3 is 2.26 bits per heavy atom. The summed E-state index contributed by atoms with van der Waals surface area (Å²) in [6.07, 6.45) is 0.630. The van der Waals surface area contributed by atoms with Crippen LogP contribution < -0.4 is 16.0 Å². The molecule has 1 unspecified atom stereocenters. The zero-order chi connectivity index (χ0) is 14.3. The number of carbonyl (C=O) groups excluding carboxylic acids is 2. The van der Waals surface area contributed by atoms with E-state index >= 15 is 0 Å². The number of anilines is 2. The summed E-state index contributed by atoms with van der Waals surface area (Å²) in [7, 11) is 2.91. The van der Waals surface area contributed by atoms with Gasteiger partial charge >= 0.3 is 12.0 Å². The van der Waals surface area contributed by atoms with E-state index < -0.39 is 0 Å². The Labute approximate surface area is 112 Å². The molecule has 3 N–H and O–H groups in total. The van der Waals surface area contributed by atoms with Crippen molar-refractivity contribution in [1.82, 2.24) is 5.32 Å². The van der Waals surface area contributed by atoms with E-state index in [0.29, 0.717) is 12.1 Å². The van der Waals surface area contributed by atoms with E-state index in [0.717, 1.165) is 5.69 Å². The highest BCUT2D eigenvalue weighted by Gasteiger charge is 2.16. The quantitative estimate of drug-likeness (QED) is 0.709. The van der Waals surface area contributed by atoms with Crippen molar-refractivity contribution in [1.29, 1.82) is 0 Å². The molecule has 6 heteroatoms. The third-order valence-electron chi connectivity index (χ3n) is 2.60. The molecule has 0 heterocycles. The zero-order valence-electron chi connectivity index (χ0n) is 11.3. The lowest BCUT2D eigenvalue weighted by Gasteiger charge is -2.16. The molecule has 104 valence electrons. The lowest BCUT2D eigenvalue weighted by molar-refractivity contribution is -0.141. The second-order valence-corrected chi connectivity index (χ2v) is 3.91. The van der Waals surface area contributed by atoms with Crippen LogP contribution in [0.25, 0.3) is 0 Å². The number of nitrogens with one attached hydrogen (secondary N) is 3. The average molecular weight is 265 g/mol. The molecule has 0 aromatic heterocycles. The van der Waals surface area contributed by atoms with Gasteiger partial charge in [-0.1, -0.05) is 6.92 Å². The van der Waals surface area contributed by atoms with E-state index in [-0.39, 0.29) is 18.0 Å². The van der Waals surface area contributed by atoms with Crippen LogP contribution >= 0.6 is 0 Å². The van der Waals surface area contributed by atoms with E-state index in [1.807, 2.05) is 6.92 Å². The summed E-state index contributed by atoms with van der Waals surface area (Å²) in [5, 5.41) is 8.19. The fourth-order valence-electron chi connectivity index (χ4n) is 1.51. The van der Waals surface area contributed by atoms with Crippen LogP contribution in [0, 0.1) is 0 Å². The Hall–Kier alpha value is -2.24. The molecule has 0 bridgehead atoms. The number of hydrogen-bond donors (Lipinski definition) is 3. The maximum absolute atomic E-state index is 11.4. The first-order valence-corrected chi connectivity index (χ1v) is 6.03. The molecule has 6 nitrogen and oxygen atoms in total. The molecule has 1 rings (SSSR count). The average Bonchev–Trinajstić information content (AvgIpc) is 2.45. The number of rotatable bonds is 5. The number of benzene rings is 1. The molecule has 1 aromatic rings. The fourth-order valence-corrected chi connectivity index (χ4v) is 1.51. The van der Waals surface area contributed by atoms with Gasteiger partial charge in [-0.15, -0.1) is 0 Å². The third kappa shape index (κ3) is 4.50. The molecule has 0 spiro atoms. The van der Waals surface area contributed by atoms with Gasteiger partial charge in [0.1, 0.15) is 6.04 Å². The number of urea groups is 1. The van der Waals surface area contributed by atoms with Crippen LogP contribution in [0.1, 0.15) is 13.3 Å². The minimum atomic E-state index is -0.372. The van der Waals surface area contributed by atoms with E-state index in [1.54, 1.807) is 31.3 Å². The van der Waals surface area contributed by atoms with E-state index in [4.69, 9.17) is 4.74 Å². The molecule has 0 aliphatic carbocycles. The summed E-state index contributed by atoms with van der Waals surface area (Å²) in [4.78, 5) is 22.6. The van der Waals surface area contributed by atoms with Crippen molar-refractivity contribution >= 4 is 23.4 Å². The van der Waals surface area contributed by atoms with Gasteiger partial charge < -0.3 is 20.7 Å². The normalized spacial score (nSPS) is 11.3. The Morgan fingerprint density at radius 2 is 1.79 bits per heavy atom. The molecular formula is C13H19N3O3. The second-order valence-electron chi connectivity index (χ2n) is 3.91. The topological polar surface area (TPSA) is 79.5 Å².